The van der Waals surface area contributed by atoms with E-state index in [1.165, 1.54) is 334 Å². The summed E-state index contributed by atoms with van der Waals surface area (Å²) < 4.78 is 5.51. The molecule has 0 saturated carbocycles. The summed E-state index contributed by atoms with van der Waals surface area (Å²) in [5.41, 5.74) is 0. The Bertz CT molecular complexity index is 1220. The predicted octanol–water partition coefficient (Wildman–Crippen LogP) is 22.9. The van der Waals surface area contributed by atoms with Crippen molar-refractivity contribution in [2.75, 3.05) is 13.2 Å². The van der Waals surface area contributed by atoms with Gasteiger partial charge in [0.25, 0.3) is 0 Å². The Balaban J connectivity index is 3.36. The van der Waals surface area contributed by atoms with E-state index in [0.29, 0.717) is 19.4 Å². The van der Waals surface area contributed by atoms with Crippen LogP contribution in [0.2, 0.25) is 0 Å². The molecule has 0 aliphatic rings. The normalized spacial score (nSPS) is 12.6. The van der Waals surface area contributed by atoms with Crippen LogP contribution in [0.3, 0.4) is 0 Å². The van der Waals surface area contributed by atoms with Crippen molar-refractivity contribution in [1.82, 2.24) is 5.32 Å². The molecule has 6 heteroatoms. The monoisotopic (exact) mass is 1100 g/mol. The van der Waals surface area contributed by atoms with Crippen LogP contribution in [0.1, 0.15) is 399 Å². The van der Waals surface area contributed by atoms with Crippen molar-refractivity contribution in [3.05, 3.63) is 24.3 Å². The van der Waals surface area contributed by atoms with Gasteiger partial charge in [0.1, 0.15) is 0 Å². The highest BCUT2D eigenvalue weighted by atomic mass is 16.5. The highest BCUT2D eigenvalue weighted by Gasteiger charge is 2.18. The van der Waals surface area contributed by atoms with Gasteiger partial charge in [-0.1, -0.05) is 353 Å². The molecule has 0 fully saturated rings. The molecule has 462 valence electrons. The predicted molar refractivity (Wildman–Crippen MR) is 343 cm³/mol. The van der Waals surface area contributed by atoms with Gasteiger partial charge in [-0.2, -0.15) is 0 Å². The first-order valence-corrected chi connectivity index (χ1v) is 35.6. The third-order valence-electron chi connectivity index (χ3n) is 16.7. The molecule has 1 amide bonds. The summed E-state index contributed by atoms with van der Waals surface area (Å²) in [6, 6.07) is -0.627. The van der Waals surface area contributed by atoms with Gasteiger partial charge in [-0.3, -0.25) is 9.59 Å². The standard InChI is InChI=1S/C72H139NO5/c1-3-5-7-9-11-13-15-17-19-33-38-42-46-50-54-58-62-66-72(77)78-67-63-59-55-51-47-43-39-35-32-30-28-26-24-22-20-21-23-25-27-29-31-34-37-41-45-49-53-57-61-65-71(76)73-69(68-74)70(75)64-60-56-52-48-44-40-36-18-16-14-12-10-8-6-4-2/h20,22,60,64,69-70,74-75H,3-19,21,23-59,61-63,65-68H2,1-2H3,(H,73,76)/b22-20-,64-60+. The number of allylic oxidation sites excluding steroid dienone is 3. The van der Waals surface area contributed by atoms with Crippen LogP contribution in [0, 0.1) is 0 Å². The van der Waals surface area contributed by atoms with Crippen LogP contribution < -0.4 is 5.32 Å². The van der Waals surface area contributed by atoms with Crippen LogP contribution in [-0.4, -0.2) is 47.4 Å². The molecule has 0 aromatic heterocycles. The molecule has 6 nitrogen and oxygen atoms in total. The number of rotatable bonds is 67. The summed E-state index contributed by atoms with van der Waals surface area (Å²) in [4.78, 5) is 24.6. The summed E-state index contributed by atoms with van der Waals surface area (Å²) >= 11 is 0. The van der Waals surface area contributed by atoms with Crippen molar-refractivity contribution in [1.29, 1.82) is 0 Å². The molecule has 2 atom stereocenters. The fourth-order valence-electron chi connectivity index (χ4n) is 11.3. The number of hydrogen-bond acceptors (Lipinski definition) is 5. The van der Waals surface area contributed by atoms with E-state index in [9.17, 15) is 19.8 Å². The number of hydrogen-bond donors (Lipinski definition) is 3. The smallest absolute Gasteiger partial charge is 0.305 e. The van der Waals surface area contributed by atoms with Crippen molar-refractivity contribution in [3.8, 4) is 0 Å². The Morgan fingerprint density at radius 2 is 0.603 bits per heavy atom. The molecule has 0 spiro atoms. The minimum absolute atomic E-state index is 0.0208. The number of aliphatic hydroxyl groups is 2. The van der Waals surface area contributed by atoms with Crippen LogP contribution in [0.4, 0.5) is 0 Å². The zero-order chi connectivity index (χ0) is 56.4. The number of esters is 1. The first kappa shape index (κ1) is 76.3. The van der Waals surface area contributed by atoms with Gasteiger partial charge in [-0.25, -0.2) is 0 Å². The molecule has 0 heterocycles. The van der Waals surface area contributed by atoms with Crippen molar-refractivity contribution < 1.29 is 24.5 Å². The Labute approximate surface area is 488 Å². The lowest BCUT2D eigenvalue weighted by Crippen LogP contribution is -2.45. The van der Waals surface area contributed by atoms with Gasteiger partial charge < -0.3 is 20.3 Å². The van der Waals surface area contributed by atoms with Crippen LogP contribution in [0.15, 0.2) is 24.3 Å². The minimum atomic E-state index is -0.843. The largest absolute Gasteiger partial charge is 0.466 e. The van der Waals surface area contributed by atoms with Crippen LogP contribution in [-0.2, 0) is 14.3 Å². The Morgan fingerprint density at radius 3 is 0.910 bits per heavy atom. The molecular weight excluding hydrogens is 959 g/mol. The van der Waals surface area contributed by atoms with E-state index in [4.69, 9.17) is 4.74 Å². The summed E-state index contributed by atoms with van der Waals surface area (Å²) in [5.74, 6) is -0.0439. The lowest BCUT2D eigenvalue weighted by atomic mass is 10.0. The minimum Gasteiger partial charge on any atom is -0.466 e. The molecule has 78 heavy (non-hydrogen) atoms. The Hall–Kier alpha value is -1.66. The zero-order valence-electron chi connectivity index (χ0n) is 52.9. The van der Waals surface area contributed by atoms with Gasteiger partial charge in [-0.05, 0) is 57.8 Å². The number of amides is 1. The SMILES string of the molecule is CCCCCCCCCCCCCCC/C=C/C(O)C(CO)NC(=O)CCCCCCCCCCCCCCC/C=C\CCCCCCCCCCCCCCOC(=O)CCCCCCCCCCCCCCCCCCC. The Kier molecular flexibility index (Phi) is 66.4. The van der Waals surface area contributed by atoms with Gasteiger partial charge in [0.2, 0.25) is 5.91 Å². The van der Waals surface area contributed by atoms with Crippen molar-refractivity contribution in [2.24, 2.45) is 0 Å². The van der Waals surface area contributed by atoms with E-state index < -0.39 is 12.1 Å². The molecule has 0 aliphatic carbocycles. The number of nitrogens with one attached hydrogen (secondary N) is 1. The van der Waals surface area contributed by atoms with Crippen LogP contribution in [0.25, 0.3) is 0 Å². The maximum atomic E-state index is 12.5. The average molecular weight is 1100 g/mol. The molecule has 0 saturated heterocycles. The first-order chi connectivity index (χ1) is 38.5. The highest BCUT2D eigenvalue weighted by Crippen LogP contribution is 2.19. The van der Waals surface area contributed by atoms with Gasteiger partial charge >= 0.3 is 5.97 Å². The summed E-state index contributed by atoms with van der Waals surface area (Å²) in [6.45, 7) is 4.94. The molecule has 0 radical (unpaired) electrons. The maximum Gasteiger partial charge on any atom is 0.305 e. The number of carbonyl (C=O) groups is 2. The van der Waals surface area contributed by atoms with Gasteiger partial charge in [-0.15, -0.1) is 0 Å². The van der Waals surface area contributed by atoms with E-state index >= 15 is 0 Å². The average Bonchev–Trinajstić information content (AvgIpc) is 3.44. The van der Waals surface area contributed by atoms with Crippen molar-refractivity contribution in [3.63, 3.8) is 0 Å². The number of ether oxygens (including phenoxy) is 1. The molecular formula is C72H139NO5. The molecule has 3 N–H and O–H groups in total. The van der Waals surface area contributed by atoms with E-state index in [0.717, 1.165) is 38.5 Å². The summed E-state index contributed by atoms with van der Waals surface area (Å²) in [7, 11) is 0. The second-order valence-electron chi connectivity index (χ2n) is 24.6. The lowest BCUT2D eigenvalue weighted by Gasteiger charge is -2.20. The van der Waals surface area contributed by atoms with Crippen molar-refractivity contribution >= 4 is 11.9 Å². The van der Waals surface area contributed by atoms with E-state index in [-0.39, 0.29) is 18.5 Å². The summed E-state index contributed by atoms with van der Waals surface area (Å²) in [5, 5.41) is 23.2. The highest BCUT2D eigenvalue weighted by molar-refractivity contribution is 5.76. The van der Waals surface area contributed by atoms with Gasteiger partial charge in [0.15, 0.2) is 0 Å². The molecule has 0 aliphatic heterocycles. The first-order valence-electron chi connectivity index (χ1n) is 35.6. The fraction of sp³-hybridized carbons (Fsp3) is 0.917. The van der Waals surface area contributed by atoms with Crippen LogP contribution >= 0.6 is 0 Å². The Morgan fingerprint density at radius 1 is 0.346 bits per heavy atom. The number of unbranched alkanes of at least 4 members (excludes halogenated alkanes) is 54. The quantitative estimate of drug-likeness (QED) is 0.0320. The van der Waals surface area contributed by atoms with E-state index in [2.05, 4.69) is 31.3 Å². The van der Waals surface area contributed by atoms with Crippen LogP contribution in [0.5, 0.6) is 0 Å². The molecule has 0 aromatic rings. The maximum absolute atomic E-state index is 12.5. The second-order valence-corrected chi connectivity index (χ2v) is 24.6. The van der Waals surface area contributed by atoms with Gasteiger partial charge in [0.05, 0.1) is 25.4 Å². The lowest BCUT2D eigenvalue weighted by molar-refractivity contribution is -0.143. The fourth-order valence-corrected chi connectivity index (χ4v) is 11.3. The van der Waals surface area contributed by atoms with Crippen molar-refractivity contribution in [2.45, 2.75) is 411 Å². The number of carbonyl (C=O) groups excluding carboxylic acids is 2. The molecule has 0 bridgehead atoms. The third kappa shape index (κ3) is 63.5. The zero-order valence-corrected chi connectivity index (χ0v) is 52.9. The van der Waals surface area contributed by atoms with E-state index in [1.807, 2.05) is 6.08 Å². The second kappa shape index (κ2) is 67.8. The third-order valence-corrected chi connectivity index (χ3v) is 16.7. The number of aliphatic hydroxyl groups excluding tert-OH is 2. The topological polar surface area (TPSA) is 95.9 Å². The molecule has 0 rings (SSSR count). The summed E-state index contributed by atoms with van der Waals surface area (Å²) in [6.07, 6.45) is 85.5. The van der Waals surface area contributed by atoms with E-state index in [1.54, 1.807) is 6.08 Å². The molecule has 2 unspecified atom stereocenters. The van der Waals surface area contributed by atoms with Gasteiger partial charge in [0, 0.05) is 12.8 Å². The molecule has 0 aromatic carbocycles.